The molecule has 0 saturated heterocycles. The molecule has 0 unspecified atom stereocenters. The molecule has 15 heavy (non-hydrogen) atoms. The van der Waals surface area contributed by atoms with Crippen molar-refractivity contribution in [2.45, 2.75) is 52.4 Å². The number of oxime groups is 1. The highest BCUT2D eigenvalue weighted by Crippen LogP contribution is 2.15. The Balaban J connectivity index is 2.29. The smallest absolute Gasteiger partial charge is 0.335 e. The summed E-state index contributed by atoms with van der Waals surface area (Å²) in [6.07, 6.45) is 5.83. The first-order valence-corrected chi connectivity index (χ1v) is 5.81. The molecule has 1 saturated carbocycles. The standard InChI is InChI=1S/C11H21NO3/c1-3-13-11(14-4-2)15-12-10-8-6-5-7-9-10/h11H,3-9H2,1-2H3. The van der Waals surface area contributed by atoms with Gasteiger partial charge in [-0.25, -0.2) is 0 Å². The first-order chi connectivity index (χ1) is 7.36. The molecule has 1 rings (SSSR count). The lowest BCUT2D eigenvalue weighted by atomic mass is 9.99. The van der Waals surface area contributed by atoms with Gasteiger partial charge in [-0.05, 0) is 39.5 Å². The predicted octanol–water partition coefficient (Wildman–Crippen LogP) is 2.68. The van der Waals surface area contributed by atoms with Crippen molar-refractivity contribution in [2.75, 3.05) is 13.2 Å². The molecule has 88 valence electrons. The van der Waals surface area contributed by atoms with Crippen LogP contribution in [0.3, 0.4) is 0 Å². The Kier molecular flexibility index (Phi) is 6.36. The van der Waals surface area contributed by atoms with Crippen molar-refractivity contribution in [2.24, 2.45) is 5.16 Å². The molecule has 0 spiro atoms. The summed E-state index contributed by atoms with van der Waals surface area (Å²) in [5.41, 5.74) is 1.13. The molecule has 0 amide bonds. The molecule has 0 heterocycles. The van der Waals surface area contributed by atoms with E-state index in [4.69, 9.17) is 14.3 Å². The third-order valence-corrected chi connectivity index (χ3v) is 2.30. The average molecular weight is 215 g/mol. The van der Waals surface area contributed by atoms with Crippen molar-refractivity contribution in [1.29, 1.82) is 0 Å². The van der Waals surface area contributed by atoms with Crippen LogP contribution in [0.5, 0.6) is 0 Å². The van der Waals surface area contributed by atoms with Crippen molar-refractivity contribution in [3.63, 3.8) is 0 Å². The molecule has 0 aromatic carbocycles. The van der Waals surface area contributed by atoms with Crippen LogP contribution in [0.25, 0.3) is 0 Å². The topological polar surface area (TPSA) is 40.0 Å². The fourth-order valence-electron chi connectivity index (χ4n) is 1.55. The Morgan fingerprint density at radius 3 is 2.20 bits per heavy atom. The first kappa shape index (κ1) is 12.5. The Labute approximate surface area is 91.6 Å². The Bertz CT molecular complexity index is 180. The molecule has 0 radical (unpaired) electrons. The largest absolute Gasteiger partial charge is 0.339 e. The quantitative estimate of drug-likeness (QED) is 0.505. The molecular formula is C11H21NO3. The van der Waals surface area contributed by atoms with Gasteiger partial charge in [0, 0.05) is 0 Å². The van der Waals surface area contributed by atoms with Crippen LogP contribution < -0.4 is 0 Å². The van der Waals surface area contributed by atoms with E-state index in [1.807, 2.05) is 13.8 Å². The molecule has 0 atom stereocenters. The SMILES string of the molecule is CCOC(OCC)ON=C1CCCCC1. The van der Waals surface area contributed by atoms with Gasteiger partial charge in [0.2, 0.25) is 0 Å². The molecule has 0 aromatic rings. The lowest BCUT2D eigenvalue weighted by Crippen LogP contribution is -2.20. The maximum atomic E-state index is 5.22. The van der Waals surface area contributed by atoms with Crippen molar-refractivity contribution in [3.8, 4) is 0 Å². The fraction of sp³-hybridized carbons (Fsp3) is 0.909. The summed E-state index contributed by atoms with van der Waals surface area (Å²) >= 11 is 0. The van der Waals surface area contributed by atoms with Gasteiger partial charge in [0.05, 0.1) is 18.9 Å². The maximum absolute atomic E-state index is 5.22. The highest BCUT2D eigenvalue weighted by atomic mass is 16.9. The van der Waals surface area contributed by atoms with Gasteiger partial charge in [-0.1, -0.05) is 11.6 Å². The predicted molar refractivity (Wildman–Crippen MR) is 58.6 cm³/mol. The highest BCUT2D eigenvalue weighted by Gasteiger charge is 2.11. The normalized spacial score (nSPS) is 16.9. The average Bonchev–Trinajstić information content (AvgIpc) is 2.28. The lowest BCUT2D eigenvalue weighted by Gasteiger charge is -2.16. The fourth-order valence-corrected chi connectivity index (χ4v) is 1.55. The lowest BCUT2D eigenvalue weighted by molar-refractivity contribution is -0.285. The van der Waals surface area contributed by atoms with E-state index in [0.717, 1.165) is 18.6 Å². The molecule has 4 heteroatoms. The van der Waals surface area contributed by atoms with Crippen LogP contribution in [0.2, 0.25) is 0 Å². The van der Waals surface area contributed by atoms with E-state index >= 15 is 0 Å². The zero-order valence-electron chi connectivity index (χ0n) is 9.70. The highest BCUT2D eigenvalue weighted by molar-refractivity contribution is 5.84. The van der Waals surface area contributed by atoms with Crippen molar-refractivity contribution >= 4 is 5.71 Å². The van der Waals surface area contributed by atoms with Gasteiger partial charge < -0.3 is 14.3 Å². The zero-order valence-corrected chi connectivity index (χ0v) is 9.70. The van der Waals surface area contributed by atoms with E-state index in [1.54, 1.807) is 0 Å². The molecule has 1 aliphatic rings. The second-order valence-corrected chi connectivity index (χ2v) is 3.52. The summed E-state index contributed by atoms with van der Waals surface area (Å²) in [7, 11) is 0. The Morgan fingerprint density at radius 1 is 1.07 bits per heavy atom. The maximum Gasteiger partial charge on any atom is 0.339 e. The molecule has 0 aromatic heterocycles. The minimum Gasteiger partial charge on any atom is -0.335 e. The molecule has 1 aliphatic carbocycles. The van der Waals surface area contributed by atoms with E-state index in [0.29, 0.717) is 13.2 Å². The first-order valence-electron chi connectivity index (χ1n) is 5.81. The van der Waals surface area contributed by atoms with Crippen molar-refractivity contribution < 1.29 is 14.3 Å². The van der Waals surface area contributed by atoms with E-state index in [1.165, 1.54) is 19.3 Å². The summed E-state index contributed by atoms with van der Waals surface area (Å²) in [5, 5.41) is 4.09. The molecule has 0 N–H and O–H groups in total. The second-order valence-electron chi connectivity index (χ2n) is 3.52. The van der Waals surface area contributed by atoms with Gasteiger partial charge in [-0.15, -0.1) is 0 Å². The summed E-state index contributed by atoms with van der Waals surface area (Å²) < 4.78 is 10.4. The molecule has 0 bridgehead atoms. The summed E-state index contributed by atoms with van der Waals surface area (Å²) in [6.45, 7) is 4.30. The number of rotatable bonds is 6. The van der Waals surface area contributed by atoms with E-state index in [2.05, 4.69) is 5.16 Å². The Hall–Kier alpha value is -0.610. The summed E-state index contributed by atoms with van der Waals surface area (Å²) in [4.78, 5) is 5.21. The van der Waals surface area contributed by atoms with Gasteiger partial charge in [0.1, 0.15) is 0 Å². The van der Waals surface area contributed by atoms with Crippen LogP contribution in [0.1, 0.15) is 46.0 Å². The third kappa shape index (κ3) is 5.14. The monoisotopic (exact) mass is 215 g/mol. The number of nitrogens with zero attached hydrogens (tertiary/aromatic N) is 1. The van der Waals surface area contributed by atoms with E-state index in [9.17, 15) is 0 Å². The van der Waals surface area contributed by atoms with E-state index in [-0.39, 0.29) is 0 Å². The summed E-state index contributed by atoms with van der Waals surface area (Å²) in [6, 6.07) is 0. The van der Waals surface area contributed by atoms with E-state index < -0.39 is 6.48 Å². The third-order valence-electron chi connectivity index (χ3n) is 2.30. The van der Waals surface area contributed by atoms with Crippen LogP contribution >= 0.6 is 0 Å². The van der Waals surface area contributed by atoms with Gasteiger partial charge in [0.15, 0.2) is 0 Å². The number of ether oxygens (including phenoxy) is 2. The van der Waals surface area contributed by atoms with Gasteiger partial charge >= 0.3 is 6.48 Å². The van der Waals surface area contributed by atoms with Gasteiger partial charge in [0.25, 0.3) is 0 Å². The van der Waals surface area contributed by atoms with Crippen LogP contribution in [0.15, 0.2) is 5.16 Å². The van der Waals surface area contributed by atoms with Crippen molar-refractivity contribution in [3.05, 3.63) is 0 Å². The molecule has 1 fully saturated rings. The number of hydrogen-bond donors (Lipinski definition) is 0. The molecule has 0 aliphatic heterocycles. The molecular weight excluding hydrogens is 194 g/mol. The minimum atomic E-state index is -0.644. The van der Waals surface area contributed by atoms with Gasteiger partial charge in [-0.3, -0.25) is 0 Å². The Morgan fingerprint density at radius 2 is 1.67 bits per heavy atom. The second kappa shape index (κ2) is 7.65. The van der Waals surface area contributed by atoms with Crippen LogP contribution in [0.4, 0.5) is 0 Å². The van der Waals surface area contributed by atoms with Crippen molar-refractivity contribution in [1.82, 2.24) is 0 Å². The number of hydrogen-bond acceptors (Lipinski definition) is 4. The van der Waals surface area contributed by atoms with Crippen LogP contribution in [-0.4, -0.2) is 25.4 Å². The molecule has 4 nitrogen and oxygen atoms in total. The minimum absolute atomic E-state index is 0.565. The zero-order chi connectivity index (χ0) is 10.9. The van der Waals surface area contributed by atoms with Gasteiger partial charge in [-0.2, -0.15) is 0 Å². The van der Waals surface area contributed by atoms with Crippen LogP contribution in [-0.2, 0) is 14.3 Å². The summed E-state index contributed by atoms with van der Waals surface area (Å²) in [5.74, 6) is 0. The van der Waals surface area contributed by atoms with Crippen LogP contribution in [0, 0.1) is 0 Å².